The monoisotopic (exact) mass is 640 g/mol. The summed E-state index contributed by atoms with van der Waals surface area (Å²) < 4.78 is 7.16. The maximum absolute atomic E-state index is 13.7. The summed E-state index contributed by atoms with van der Waals surface area (Å²) in [5.41, 5.74) is 3.69. The van der Waals surface area contributed by atoms with Crippen molar-refractivity contribution in [3.05, 3.63) is 45.6 Å². The fourth-order valence-electron chi connectivity index (χ4n) is 5.14. The van der Waals surface area contributed by atoms with E-state index in [9.17, 15) is 4.79 Å². The first kappa shape index (κ1) is 34.3. The molecule has 0 spiro atoms. The van der Waals surface area contributed by atoms with E-state index in [1.54, 1.807) is 19.2 Å². The van der Waals surface area contributed by atoms with Gasteiger partial charge in [-0.2, -0.15) is 0 Å². The van der Waals surface area contributed by atoms with Gasteiger partial charge in [0, 0.05) is 11.5 Å². The van der Waals surface area contributed by atoms with Gasteiger partial charge in [0.2, 0.25) is 5.90 Å². The fraction of sp³-hybridized carbons (Fsp3) is 0.484. The van der Waals surface area contributed by atoms with Crippen LogP contribution in [-0.2, 0) is 14.3 Å². The molecule has 1 amide bonds. The van der Waals surface area contributed by atoms with Crippen LogP contribution in [0.5, 0.6) is 0 Å². The molecular weight excluding hydrogens is 605 g/mol. The molecule has 12 heteroatoms. The summed E-state index contributed by atoms with van der Waals surface area (Å²) >= 11 is 3.63. The van der Waals surface area contributed by atoms with Crippen molar-refractivity contribution in [3.8, 4) is 11.8 Å². The number of halogens is 1. The zero-order valence-corrected chi connectivity index (χ0v) is 26.9. The summed E-state index contributed by atoms with van der Waals surface area (Å²) in [6.45, 7) is 8.47. The Kier molecular flexibility index (Phi) is 11.2. The lowest BCUT2D eigenvalue weighted by Gasteiger charge is -2.40. The highest BCUT2D eigenvalue weighted by atomic mass is 79.9. The molecule has 0 aliphatic heterocycles. The van der Waals surface area contributed by atoms with E-state index in [-0.39, 0.29) is 23.9 Å². The van der Waals surface area contributed by atoms with Crippen LogP contribution < -0.4 is 10.2 Å². The summed E-state index contributed by atoms with van der Waals surface area (Å²) in [5.74, 6) is 5.53. The summed E-state index contributed by atoms with van der Waals surface area (Å²) in [4.78, 5) is 28.3. The molecule has 2 unspecified atom stereocenters. The maximum atomic E-state index is 13.7. The third kappa shape index (κ3) is 8.92. The molecule has 6 radical (unpaired) electrons. The highest BCUT2D eigenvalue weighted by molar-refractivity contribution is 9.10. The molecule has 8 nitrogen and oxygen atoms in total. The van der Waals surface area contributed by atoms with Crippen molar-refractivity contribution in [1.29, 1.82) is 5.41 Å². The lowest BCUT2D eigenvalue weighted by atomic mass is 9.43. The van der Waals surface area contributed by atoms with Crippen molar-refractivity contribution >= 4 is 74.9 Å². The molecule has 2 aliphatic carbocycles. The summed E-state index contributed by atoms with van der Waals surface area (Å²) in [5, 5.41) is 17.0. The van der Waals surface area contributed by atoms with E-state index in [4.69, 9.17) is 48.6 Å². The lowest BCUT2D eigenvalue weighted by molar-refractivity contribution is -0.122. The summed E-state index contributed by atoms with van der Waals surface area (Å²) in [6, 6.07) is 7.51. The predicted octanol–water partition coefficient (Wildman–Crippen LogP) is 5.58. The van der Waals surface area contributed by atoms with Crippen LogP contribution >= 0.6 is 15.9 Å². The fourth-order valence-corrected chi connectivity index (χ4v) is 5.50. The molecule has 1 heterocycles. The van der Waals surface area contributed by atoms with Gasteiger partial charge >= 0.3 is 5.91 Å². The number of nitrogens with one attached hydrogen (secondary N) is 2. The molecule has 2 fully saturated rings. The highest BCUT2D eigenvalue weighted by Gasteiger charge is 2.36. The smallest absolute Gasteiger partial charge is 0.308 e. The molecule has 0 bridgehead atoms. The molecular formula is C31H36B3BrN4O4. The Bertz CT molecular complexity index is 1430. The van der Waals surface area contributed by atoms with E-state index in [1.165, 1.54) is 4.90 Å². The molecule has 2 aliphatic rings. The number of carbonyl (C=O) groups excluding carboxylic acids is 1. The number of rotatable bonds is 6. The standard InChI is InChI=1S/C30H34B3BrN4O2.CH2O2/c1-17-14-24(21(15-22(17)34)19-7-8-19)38(26(39)12-13-30(31,32)33)25-11-10-23(36-5)27(37-25)28(35)40-20-9-6-18(2)29(3,4)16-20;2-1-3/h10-11,14-15,18-20,35-36H,6-9,16H2,1-5H3;1H,(H,2,3). The average Bonchev–Trinajstić information content (AvgIpc) is 3.77. The number of pyridine rings is 1. The largest absolute Gasteiger partial charge is 0.483 e. The number of nitrogens with zero attached hydrogens (tertiary/aromatic N) is 2. The Balaban J connectivity index is 0.00000162. The van der Waals surface area contributed by atoms with E-state index >= 15 is 0 Å². The summed E-state index contributed by atoms with van der Waals surface area (Å²) in [7, 11) is 18.7. The number of ether oxygens (including phenoxy) is 1. The number of hydrogen-bond donors (Lipinski definition) is 3. The topological polar surface area (TPSA) is 116 Å². The zero-order chi connectivity index (χ0) is 32.1. The quantitative estimate of drug-likeness (QED) is 0.125. The van der Waals surface area contributed by atoms with Gasteiger partial charge in [-0.1, -0.05) is 41.8 Å². The van der Waals surface area contributed by atoms with Crippen molar-refractivity contribution < 1.29 is 19.4 Å². The van der Waals surface area contributed by atoms with Crippen molar-refractivity contribution in [2.75, 3.05) is 17.3 Å². The number of carboxylic acid groups (broad SMARTS) is 1. The second-order valence-corrected chi connectivity index (χ2v) is 12.8. The Morgan fingerprint density at radius 2 is 1.91 bits per heavy atom. The molecule has 43 heavy (non-hydrogen) atoms. The molecule has 2 atom stereocenters. The zero-order valence-electron chi connectivity index (χ0n) is 25.3. The highest BCUT2D eigenvalue weighted by Crippen LogP contribution is 2.47. The van der Waals surface area contributed by atoms with Gasteiger partial charge in [0.25, 0.3) is 6.47 Å². The third-order valence-electron chi connectivity index (χ3n) is 8.04. The van der Waals surface area contributed by atoms with Gasteiger partial charge in [0.05, 0.1) is 34.9 Å². The normalized spacial score (nSPS) is 19.0. The molecule has 2 saturated carbocycles. The SMILES string of the molecule is O=CO.[B]C([B])([B])C#CC(=O)N(c1ccc(NC)c(C(=N)OC2CCC(C)C(C)(C)C2)n1)c1cc(C)c(Br)cc1C1CC1. The van der Waals surface area contributed by atoms with Crippen molar-refractivity contribution in [2.45, 2.75) is 76.9 Å². The van der Waals surface area contributed by atoms with Crippen LogP contribution in [-0.4, -0.2) is 65.1 Å². The predicted molar refractivity (Wildman–Crippen MR) is 177 cm³/mol. The van der Waals surface area contributed by atoms with Crippen LogP contribution in [0.25, 0.3) is 0 Å². The Morgan fingerprint density at radius 1 is 1.26 bits per heavy atom. The van der Waals surface area contributed by atoms with Crippen LogP contribution in [0.15, 0.2) is 28.7 Å². The second-order valence-electron chi connectivity index (χ2n) is 11.9. The Labute approximate surface area is 267 Å². The van der Waals surface area contributed by atoms with E-state index < -0.39 is 11.0 Å². The maximum Gasteiger partial charge on any atom is 0.308 e. The minimum absolute atomic E-state index is 0.0423. The van der Waals surface area contributed by atoms with E-state index in [2.05, 4.69) is 59.9 Å². The first-order chi connectivity index (χ1) is 20.1. The lowest BCUT2D eigenvalue weighted by Crippen LogP contribution is -2.36. The molecule has 3 N–H and O–H groups in total. The van der Waals surface area contributed by atoms with Gasteiger partial charge in [0.15, 0.2) is 0 Å². The van der Waals surface area contributed by atoms with Gasteiger partial charge in [-0.25, -0.2) is 4.98 Å². The number of benzene rings is 1. The van der Waals surface area contributed by atoms with Crippen molar-refractivity contribution in [2.24, 2.45) is 11.3 Å². The van der Waals surface area contributed by atoms with Crippen molar-refractivity contribution in [1.82, 2.24) is 4.98 Å². The Hall–Kier alpha value is -3.19. The van der Waals surface area contributed by atoms with Gasteiger partial charge < -0.3 is 15.2 Å². The molecule has 220 valence electrons. The van der Waals surface area contributed by atoms with Crippen LogP contribution in [0.2, 0.25) is 5.11 Å². The summed E-state index contributed by atoms with van der Waals surface area (Å²) in [6.07, 6.45) is 4.74. The van der Waals surface area contributed by atoms with Crippen LogP contribution in [0.1, 0.15) is 75.6 Å². The minimum Gasteiger partial charge on any atom is -0.483 e. The van der Waals surface area contributed by atoms with Crippen molar-refractivity contribution in [3.63, 3.8) is 0 Å². The Morgan fingerprint density at radius 3 is 2.47 bits per heavy atom. The van der Waals surface area contributed by atoms with E-state index in [0.717, 1.165) is 47.7 Å². The number of aromatic nitrogens is 1. The first-order valence-electron chi connectivity index (χ1n) is 14.2. The molecule has 2 aromatic rings. The van der Waals surface area contributed by atoms with Gasteiger partial charge in [-0.3, -0.25) is 19.9 Å². The van der Waals surface area contributed by atoms with Gasteiger partial charge in [-0.05, 0) is 97.6 Å². The number of hydrogen-bond acceptors (Lipinski definition) is 6. The molecule has 0 saturated heterocycles. The minimum atomic E-state index is -1.83. The number of anilines is 3. The molecule has 1 aromatic carbocycles. The van der Waals surface area contributed by atoms with Crippen LogP contribution in [0, 0.1) is 35.5 Å². The van der Waals surface area contributed by atoms with Gasteiger partial charge in [0.1, 0.15) is 17.6 Å². The number of aryl methyl sites for hydroxylation is 1. The average molecular weight is 641 g/mol. The van der Waals surface area contributed by atoms with E-state index in [1.807, 2.05) is 13.0 Å². The molecule has 4 rings (SSSR count). The van der Waals surface area contributed by atoms with Crippen LogP contribution in [0.3, 0.4) is 0 Å². The van der Waals surface area contributed by atoms with Crippen LogP contribution in [0.4, 0.5) is 17.2 Å². The molecule has 1 aromatic heterocycles. The third-order valence-corrected chi connectivity index (χ3v) is 8.90. The number of amides is 1. The number of carbonyl (C=O) groups is 2. The second kappa shape index (κ2) is 14.1. The van der Waals surface area contributed by atoms with Gasteiger partial charge in [-0.15, -0.1) is 5.92 Å². The first-order valence-corrected chi connectivity index (χ1v) is 15.0. The van der Waals surface area contributed by atoms with E-state index in [0.29, 0.717) is 34.7 Å².